The molecule has 3 aromatic rings. The van der Waals surface area contributed by atoms with Crippen LogP contribution in [0, 0.1) is 11.3 Å². The van der Waals surface area contributed by atoms with Gasteiger partial charge in [-0.05, 0) is 87.9 Å². The van der Waals surface area contributed by atoms with Crippen molar-refractivity contribution in [2.45, 2.75) is 83.3 Å². The van der Waals surface area contributed by atoms with Gasteiger partial charge in [0.15, 0.2) is 5.78 Å². The van der Waals surface area contributed by atoms with Crippen molar-refractivity contribution in [2.24, 2.45) is 0 Å². The quantitative estimate of drug-likeness (QED) is 0.466. The lowest BCUT2D eigenvalue weighted by molar-refractivity contribution is 0.0966. The van der Waals surface area contributed by atoms with Crippen molar-refractivity contribution in [3.05, 3.63) is 63.8 Å². The molecule has 36 heavy (non-hydrogen) atoms. The van der Waals surface area contributed by atoms with Gasteiger partial charge in [-0.2, -0.15) is 5.26 Å². The number of nitrogens with zero attached hydrogens (tertiary/aromatic N) is 2. The molecule has 0 atom stereocenters. The van der Waals surface area contributed by atoms with Gasteiger partial charge in [0, 0.05) is 33.6 Å². The number of aromatic amines is 1. The van der Waals surface area contributed by atoms with Gasteiger partial charge in [0.1, 0.15) is 5.75 Å². The zero-order valence-electron chi connectivity index (χ0n) is 21.8. The summed E-state index contributed by atoms with van der Waals surface area (Å²) in [6, 6.07) is 12.8. The van der Waals surface area contributed by atoms with Crippen LogP contribution in [0.25, 0.3) is 10.9 Å². The van der Waals surface area contributed by atoms with Gasteiger partial charge in [-0.3, -0.25) is 4.79 Å². The molecule has 0 radical (unpaired) electrons. The molecule has 5 nitrogen and oxygen atoms in total. The van der Waals surface area contributed by atoms with E-state index in [1.54, 1.807) is 6.07 Å². The van der Waals surface area contributed by atoms with E-state index in [9.17, 15) is 10.1 Å². The predicted octanol–water partition coefficient (Wildman–Crippen LogP) is 6.43. The molecule has 1 aromatic heterocycles. The largest absolute Gasteiger partial charge is 0.491 e. The minimum Gasteiger partial charge on any atom is -0.491 e. The number of ether oxygens (including phenoxy) is 1. The SMILES string of the molecule is CC(C)Oc1cc2c(cc1C1CCN(C3CCC3)CC1)C(C)(C)c1[nH]c3cc(C#N)ccc3c1C2=O. The second-order valence-corrected chi connectivity index (χ2v) is 11.7. The first-order chi connectivity index (χ1) is 17.3. The van der Waals surface area contributed by atoms with E-state index in [-0.39, 0.29) is 17.3 Å². The van der Waals surface area contributed by atoms with Gasteiger partial charge in [0.2, 0.25) is 0 Å². The number of ketones is 1. The van der Waals surface area contributed by atoms with Crippen LogP contribution in [0.5, 0.6) is 5.75 Å². The zero-order valence-corrected chi connectivity index (χ0v) is 21.8. The van der Waals surface area contributed by atoms with Gasteiger partial charge in [-0.15, -0.1) is 0 Å². The Morgan fingerprint density at radius 1 is 1.11 bits per heavy atom. The summed E-state index contributed by atoms with van der Waals surface area (Å²) >= 11 is 0. The number of likely N-dealkylation sites (tertiary alicyclic amines) is 1. The highest BCUT2D eigenvalue weighted by Gasteiger charge is 2.41. The fraction of sp³-hybridized carbons (Fsp3) is 0.484. The summed E-state index contributed by atoms with van der Waals surface area (Å²) in [6.07, 6.45) is 6.38. The Morgan fingerprint density at radius 2 is 1.86 bits per heavy atom. The molecule has 6 rings (SSSR count). The van der Waals surface area contributed by atoms with Crippen LogP contribution in [0.1, 0.15) is 104 Å². The maximum atomic E-state index is 14.0. The first kappa shape index (κ1) is 23.3. The highest BCUT2D eigenvalue weighted by atomic mass is 16.5. The van der Waals surface area contributed by atoms with Crippen molar-refractivity contribution >= 4 is 16.7 Å². The van der Waals surface area contributed by atoms with Crippen molar-refractivity contribution in [3.8, 4) is 11.8 Å². The normalized spacial score (nSPS) is 20.2. The fourth-order valence-corrected chi connectivity index (χ4v) is 6.54. The van der Waals surface area contributed by atoms with Crippen molar-refractivity contribution in [1.82, 2.24) is 9.88 Å². The summed E-state index contributed by atoms with van der Waals surface area (Å²) in [5.74, 6) is 1.34. The van der Waals surface area contributed by atoms with E-state index in [0.29, 0.717) is 11.5 Å². The molecule has 0 spiro atoms. The number of nitriles is 1. The van der Waals surface area contributed by atoms with Crippen molar-refractivity contribution < 1.29 is 9.53 Å². The monoisotopic (exact) mass is 481 g/mol. The minimum atomic E-state index is -0.373. The molecule has 186 valence electrons. The number of hydrogen-bond donors (Lipinski definition) is 1. The Morgan fingerprint density at radius 3 is 2.50 bits per heavy atom. The van der Waals surface area contributed by atoms with E-state index >= 15 is 0 Å². The lowest BCUT2D eigenvalue weighted by atomic mass is 9.70. The van der Waals surface area contributed by atoms with Crippen LogP contribution in [0.2, 0.25) is 0 Å². The van der Waals surface area contributed by atoms with Crippen LogP contribution >= 0.6 is 0 Å². The molecular weight excluding hydrogens is 446 g/mol. The summed E-state index contributed by atoms with van der Waals surface area (Å²) in [6.45, 7) is 10.8. The third-order valence-corrected chi connectivity index (χ3v) is 8.77. The third-order valence-electron chi connectivity index (χ3n) is 8.77. The molecule has 1 aliphatic heterocycles. The molecule has 2 fully saturated rings. The van der Waals surface area contributed by atoms with E-state index in [1.165, 1.54) is 24.8 Å². The Kier molecular flexibility index (Phi) is 5.50. The Balaban J connectivity index is 1.44. The summed E-state index contributed by atoms with van der Waals surface area (Å²) in [7, 11) is 0. The van der Waals surface area contributed by atoms with Crippen LogP contribution < -0.4 is 4.74 Å². The number of piperidine rings is 1. The summed E-state index contributed by atoms with van der Waals surface area (Å²) in [5, 5.41) is 10.3. The zero-order chi connectivity index (χ0) is 25.2. The molecule has 0 amide bonds. The lowest BCUT2D eigenvalue weighted by Gasteiger charge is -2.42. The highest BCUT2D eigenvalue weighted by molar-refractivity contribution is 6.20. The molecule has 1 saturated heterocycles. The van der Waals surface area contributed by atoms with Crippen LogP contribution in [-0.2, 0) is 5.41 Å². The van der Waals surface area contributed by atoms with E-state index in [2.05, 4.69) is 49.7 Å². The third kappa shape index (κ3) is 3.58. The molecule has 0 bridgehead atoms. The van der Waals surface area contributed by atoms with Crippen molar-refractivity contribution in [3.63, 3.8) is 0 Å². The standard InChI is InChI=1S/C31H35N3O2/c1-18(2)36-27-16-24-25(15-23(27)20-10-12-34(13-11-20)21-6-5-7-21)31(3,4)30-28(29(24)35)22-9-8-19(17-32)14-26(22)33-30/h8-9,14-16,18,20-21,33H,5-7,10-13H2,1-4H3. The van der Waals surface area contributed by atoms with E-state index in [0.717, 1.165) is 71.0 Å². The average Bonchev–Trinajstić information content (AvgIpc) is 3.22. The fourth-order valence-electron chi connectivity index (χ4n) is 6.54. The average molecular weight is 482 g/mol. The Labute approximate surface area is 213 Å². The molecule has 1 N–H and O–H groups in total. The number of hydrogen-bond acceptors (Lipinski definition) is 4. The first-order valence-corrected chi connectivity index (χ1v) is 13.5. The first-order valence-electron chi connectivity index (χ1n) is 13.5. The molecular formula is C31H35N3O2. The topological polar surface area (TPSA) is 69.1 Å². The molecule has 5 heteroatoms. The van der Waals surface area contributed by atoms with E-state index in [4.69, 9.17) is 4.74 Å². The van der Waals surface area contributed by atoms with Gasteiger partial charge in [0.25, 0.3) is 0 Å². The van der Waals surface area contributed by atoms with Gasteiger partial charge < -0.3 is 14.6 Å². The van der Waals surface area contributed by atoms with Gasteiger partial charge >= 0.3 is 0 Å². The lowest BCUT2D eigenvalue weighted by Crippen LogP contribution is -2.44. The van der Waals surface area contributed by atoms with Crippen LogP contribution in [0.3, 0.4) is 0 Å². The highest BCUT2D eigenvalue weighted by Crippen LogP contribution is 2.47. The Bertz CT molecular complexity index is 1400. The molecule has 0 unspecified atom stereocenters. The van der Waals surface area contributed by atoms with Gasteiger partial charge in [0.05, 0.1) is 23.3 Å². The molecule has 2 heterocycles. The van der Waals surface area contributed by atoms with Crippen LogP contribution in [0.4, 0.5) is 0 Å². The second-order valence-electron chi connectivity index (χ2n) is 11.7. The number of aromatic nitrogens is 1. The minimum absolute atomic E-state index is 0.0373. The van der Waals surface area contributed by atoms with Crippen LogP contribution in [0.15, 0.2) is 30.3 Å². The van der Waals surface area contributed by atoms with E-state index in [1.807, 2.05) is 18.2 Å². The summed E-state index contributed by atoms with van der Waals surface area (Å²) < 4.78 is 6.37. The molecule has 1 saturated carbocycles. The number of rotatable bonds is 4. The maximum absolute atomic E-state index is 14.0. The molecule has 3 aliphatic rings. The van der Waals surface area contributed by atoms with Crippen molar-refractivity contribution in [1.29, 1.82) is 5.26 Å². The Hall–Kier alpha value is -3.10. The van der Waals surface area contributed by atoms with Gasteiger partial charge in [-0.1, -0.05) is 32.4 Å². The van der Waals surface area contributed by atoms with Gasteiger partial charge in [-0.25, -0.2) is 0 Å². The number of nitrogens with one attached hydrogen (secondary N) is 1. The number of benzene rings is 2. The van der Waals surface area contributed by atoms with Crippen LogP contribution in [-0.4, -0.2) is 40.9 Å². The number of carbonyl (C=O) groups is 1. The number of H-pyrrole nitrogens is 1. The second kappa shape index (κ2) is 8.49. The maximum Gasteiger partial charge on any atom is 0.195 e. The smallest absolute Gasteiger partial charge is 0.195 e. The van der Waals surface area contributed by atoms with E-state index < -0.39 is 0 Å². The molecule has 2 aliphatic carbocycles. The number of fused-ring (bicyclic) bond motifs is 4. The van der Waals surface area contributed by atoms with Crippen molar-refractivity contribution in [2.75, 3.05) is 13.1 Å². The summed E-state index contributed by atoms with van der Waals surface area (Å²) in [5.41, 5.74) is 5.79. The predicted molar refractivity (Wildman–Crippen MR) is 142 cm³/mol. The number of carbonyl (C=O) groups excluding carboxylic acids is 1. The molecule has 2 aromatic carbocycles. The summed E-state index contributed by atoms with van der Waals surface area (Å²) in [4.78, 5) is 20.2.